The van der Waals surface area contributed by atoms with Gasteiger partial charge in [0.15, 0.2) is 6.61 Å². The van der Waals surface area contributed by atoms with Crippen molar-refractivity contribution in [3.63, 3.8) is 0 Å². The van der Waals surface area contributed by atoms with E-state index in [-0.39, 0.29) is 49.1 Å². The van der Waals surface area contributed by atoms with Crippen molar-refractivity contribution >= 4 is 30.1 Å². The first-order valence-electron chi connectivity index (χ1n) is 10.1. The van der Waals surface area contributed by atoms with Crippen molar-refractivity contribution in [3.05, 3.63) is 60.2 Å². The van der Waals surface area contributed by atoms with Crippen LogP contribution in [0.5, 0.6) is 5.75 Å². The first kappa shape index (κ1) is 23.5. The zero-order valence-corrected chi connectivity index (χ0v) is 18.2. The molecule has 0 radical (unpaired) electrons. The van der Waals surface area contributed by atoms with Gasteiger partial charge in [-0.25, -0.2) is 4.39 Å². The van der Waals surface area contributed by atoms with E-state index in [4.69, 9.17) is 4.74 Å². The first-order valence-corrected chi connectivity index (χ1v) is 10.1. The molecule has 1 atom stereocenters. The van der Waals surface area contributed by atoms with Crippen LogP contribution in [-0.4, -0.2) is 76.2 Å². The third-order valence-electron chi connectivity index (χ3n) is 5.55. The van der Waals surface area contributed by atoms with E-state index in [1.54, 1.807) is 27.1 Å². The van der Waals surface area contributed by atoms with Crippen LogP contribution >= 0.6 is 12.4 Å². The molecule has 0 saturated carbocycles. The molecule has 0 spiro atoms. The van der Waals surface area contributed by atoms with Crippen molar-refractivity contribution in [3.8, 4) is 5.75 Å². The van der Waals surface area contributed by atoms with E-state index in [9.17, 15) is 18.8 Å². The second-order valence-corrected chi connectivity index (χ2v) is 7.56. The van der Waals surface area contributed by atoms with Crippen molar-refractivity contribution < 1.29 is 23.5 Å². The average molecular weight is 463 g/mol. The second kappa shape index (κ2) is 10.4. The summed E-state index contributed by atoms with van der Waals surface area (Å²) in [7, 11) is 0. The average Bonchev–Trinajstić information content (AvgIpc) is 3.01. The van der Waals surface area contributed by atoms with Gasteiger partial charge in [-0.15, -0.1) is 12.4 Å². The Kier molecular flexibility index (Phi) is 7.63. The van der Waals surface area contributed by atoms with Crippen LogP contribution in [0, 0.1) is 5.82 Å². The highest BCUT2D eigenvalue weighted by Crippen LogP contribution is 2.21. The van der Waals surface area contributed by atoms with Crippen LogP contribution in [0.3, 0.4) is 0 Å². The minimum atomic E-state index is -0.570. The third kappa shape index (κ3) is 5.34. The van der Waals surface area contributed by atoms with Gasteiger partial charge in [0.1, 0.15) is 24.2 Å². The summed E-state index contributed by atoms with van der Waals surface area (Å²) in [5.74, 6) is -0.434. The summed E-state index contributed by atoms with van der Waals surface area (Å²) in [5.41, 5.74) is 0.910. The number of rotatable bonds is 5. The first-order chi connectivity index (χ1) is 15.0. The molecule has 2 aromatic rings. The SMILES string of the molecule is Cl.O=C(COc1ccc(F)cc1)N1CCC2C(=O)N(Cc3ccncc3)CC(=O)N2CC1. The maximum Gasteiger partial charge on any atom is 0.260 e. The van der Waals surface area contributed by atoms with E-state index < -0.39 is 6.04 Å². The number of benzene rings is 1. The fraction of sp³-hybridized carbons (Fsp3) is 0.364. The highest BCUT2D eigenvalue weighted by atomic mass is 35.5. The molecule has 1 aromatic heterocycles. The number of nitrogens with zero attached hydrogens (tertiary/aromatic N) is 4. The summed E-state index contributed by atoms with van der Waals surface area (Å²) >= 11 is 0. The van der Waals surface area contributed by atoms with E-state index >= 15 is 0 Å². The zero-order chi connectivity index (χ0) is 21.8. The van der Waals surface area contributed by atoms with E-state index in [1.165, 1.54) is 24.3 Å². The number of amides is 3. The molecular formula is C22H24ClFN4O4. The maximum atomic E-state index is 13.0. The fourth-order valence-electron chi connectivity index (χ4n) is 3.89. The molecule has 4 rings (SSSR count). The number of aromatic nitrogens is 1. The lowest BCUT2D eigenvalue weighted by atomic mass is 10.1. The molecule has 32 heavy (non-hydrogen) atoms. The minimum absolute atomic E-state index is 0. The zero-order valence-electron chi connectivity index (χ0n) is 17.4. The molecule has 0 bridgehead atoms. The highest BCUT2D eigenvalue weighted by molar-refractivity contribution is 5.95. The Morgan fingerprint density at radius 1 is 1.06 bits per heavy atom. The Morgan fingerprint density at radius 2 is 1.78 bits per heavy atom. The lowest BCUT2D eigenvalue weighted by Crippen LogP contribution is -2.59. The number of ether oxygens (including phenoxy) is 1. The number of hydrogen-bond acceptors (Lipinski definition) is 5. The third-order valence-corrected chi connectivity index (χ3v) is 5.55. The molecule has 170 valence electrons. The van der Waals surface area contributed by atoms with Gasteiger partial charge in [-0.2, -0.15) is 0 Å². The molecule has 0 aliphatic carbocycles. The molecule has 3 amide bonds. The van der Waals surface area contributed by atoms with Gasteiger partial charge in [-0.3, -0.25) is 19.4 Å². The van der Waals surface area contributed by atoms with E-state index in [0.29, 0.717) is 38.3 Å². The molecule has 2 aliphatic heterocycles. The smallest absolute Gasteiger partial charge is 0.260 e. The van der Waals surface area contributed by atoms with Crippen LogP contribution in [0.2, 0.25) is 0 Å². The predicted molar refractivity (Wildman–Crippen MR) is 115 cm³/mol. The van der Waals surface area contributed by atoms with Gasteiger partial charge in [-0.05, 0) is 48.4 Å². The minimum Gasteiger partial charge on any atom is -0.484 e. The van der Waals surface area contributed by atoms with Gasteiger partial charge >= 0.3 is 0 Å². The Balaban J connectivity index is 0.00000289. The summed E-state index contributed by atoms with van der Waals surface area (Å²) in [6, 6.07) is 8.51. The van der Waals surface area contributed by atoms with Crippen molar-refractivity contribution in [2.24, 2.45) is 0 Å². The molecule has 10 heteroatoms. The molecule has 3 heterocycles. The Hall–Kier alpha value is -3.20. The van der Waals surface area contributed by atoms with E-state index in [0.717, 1.165) is 5.56 Å². The molecular weight excluding hydrogens is 439 g/mol. The Labute approximate surface area is 191 Å². The lowest BCUT2D eigenvalue weighted by molar-refractivity contribution is -0.156. The molecule has 2 aliphatic rings. The number of piperazine rings is 1. The standard InChI is InChI=1S/C22H23FN4O4.ClH/c23-17-1-3-18(4-2-17)31-15-21(29)25-10-7-19-22(30)26(13-16-5-8-24-9-6-16)14-20(28)27(19)12-11-25;/h1-6,8-9,19H,7,10-15H2;1H. The normalized spacial score (nSPS) is 18.5. The molecule has 1 unspecified atom stereocenters. The van der Waals surface area contributed by atoms with Crippen molar-refractivity contribution in [1.29, 1.82) is 0 Å². The summed E-state index contributed by atoms with van der Waals surface area (Å²) in [6.07, 6.45) is 3.68. The van der Waals surface area contributed by atoms with Crippen LogP contribution in [0.15, 0.2) is 48.8 Å². The van der Waals surface area contributed by atoms with Crippen LogP contribution in [0.25, 0.3) is 0 Å². The van der Waals surface area contributed by atoms with Crippen LogP contribution in [0.1, 0.15) is 12.0 Å². The summed E-state index contributed by atoms with van der Waals surface area (Å²) < 4.78 is 18.4. The maximum absolute atomic E-state index is 13.0. The van der Waals surface area contributed by atoms with Gasteiger partial charge in [-0.1, -0.05) is 0 Å². The molecule has 1 aromatic carbocycles. The Morgan fingerprint density at radius 3 is 2.50 bits per heavy atom. The van der Waals surface area contributed by atoms with Gasteiger partial charge in [0.25, 0.3) is 5.91 Å². The van der Waals surface area contributed by atoms with Gasteiger partial charge in [0, 0.05) is 38.6 Å². The van der Waals surface area contributed by atoms with Crippen molar-refractivity contribution in [1.82, 2.24) is 19.7 Å². The number of halogens is 2. The van der Waals surface area contributed by atoms with Crippen LogP contribution < -0.4 is 4.74 Å². The molecule has 0 N–H and O–H groups in total. The van der Waals surface area contributed by atoms with E-state index in [2.05, 4.69) is 4.98 Å². The quantitative estimate of drug-likeness (QED) is 0.672. The van der Waals surface area contributed by atoms with E-state index in [1.807, 2.05) is 12.1 Å². The monoisotopic (exact) mass is 462 g/mol. The number of pyridine rings is 1. The summed E-state index contributed by atoms with van der Waals surface area (Å²) in [5, 5.41) is 0. The highest BCUT2D eigenvalue weighted by Gasteiger charge is 2.41. The fourth-order valence-corrected chi connectivity index (χ4v) is 3.89. The number of carbonyl (C=O) groups is 3. The second-order valence-electron chi connectivity index (χ2n) is 7.56. The molecule has 2 fully saturated rings. The summed E-state index contributed by atoms with van der Waals surface area (Å²) in [4.78, 5) is 47.0. The van der Waals surface area contributed by atoms with Crippen molar-refractivity contribution in [2.75, 3.05) is 32.8 Å². The molecule has 8 nitrogen and oxygen atoms in total. The van der Waals surface area contributed by atoms with Crippen molar-refractivity contribution in [2.45, 2.75) is 19.0 Å². The number of fused-ring (bicyclic) bond motifs is 1. The van der Waals surface area contributed by atoms with Gasteiger partial charge < -0.3 is 19.4 Å². The van der Waals surface area contributed by atoms with Crippen LogP contribution in [-0.2, 0) is 20.9 Å². The number of hydrogen-bond donors (Lipinski definition) is 0. The number of carbonyl (C=O) groups excluding carboxylic acids is 3. The summed E-state index contributed by atoms with van der Waals surface area (Å²) in [6.45, 7) is 1.19. The predicted octanol–water partition coefficient (Wildman–Crippen LogP) is 1.49. The lowest BCUT2D eigenvalue weighted by Gasteiger charge is -2.39. The molecule has 2 saturated heterocycles. The Bertz CT molecular complexity index is 960. The largest absolute Gasteiger partial charge is 0.484 e. The van der Waals surface area contributed by atoms with Gasteiger partial charge in [0.05, 0.1) is 0 Å². The topological polar surface area (TPSA) is 83.0 Å². The van der Waals surface area contributed by atoms with Crippen LogP contribution in [0.4, 0.5) is 4.39 Å². The van der Waals surface area contributed by atoms with Gasteiger partial charge in [0.2, 0.25) is 11.8 Å².